The first-order valence-electron chi connectivity index (χ1n) is 3.95. The van der Waals surface area contributed by atoms with Gasteiger partial charge in [-0.05, 0) is 0 Å². The fraction of sp³-hybridized carbons (Fsp3) is 0.375. The van der Waals surface area contributed by atoms with Crippen molar-refractivity contribution in [2.45, 2.75) is 18.6 Å². The molecule has 6 heteroatoms. The zero-order valence-electron chi connectivity index (χ0n) is 7.24. The van der Waals surface area contributed by atoms with Gasteiger partial charge < -0.3 is 15.3 Å². The Morgan fingerprint density at radius 2 is 2.14 bits per heavy atom. The number of carbonyl (C=O) groups is 1. The van der Waals surface area contributed by atoms with Gasteiger partial charge in [-0.2, -0.15) is 0 Å². The first-order chi connectivity index (χ1) is 6.61. The van der Waals surface area contributed by atoms with Crippen LogP contribution in [0.25, 0.3) is 0 Å². The van der Waals surface area contributed by atoms with Crippen LogP contribution in [-0.2, 0) is 4.79 Å². The molecule has 2 atom stereocenters. The molecule has 0 saturated carbocycles. The second-order valence-corrected chi connectivity index (χ2v) is 2.74. The number of carboxylic acids is 1. The Kier molecular flexibility index (Phi) is 3.49. The molecular weight excluding hydrogens is 188 g/mol. The van der Waals surface area contributed by atoms with Gasteiger partial charge in [0.25, 0.3) is 0 Å². The topological polar surface area (TPSA) is 104 Å². The van der Waals surface area contributed by atoms with Crippen molar-refractivity contribution in [1.82, 2.24) is 9.97 Å². The first-order valence-corrected chi connectivity index (χ1v) is 3.95. The van der Waals surface area contributed by atoms with Crippen molar-refractivity contribution in [2.24, 2.45) is 0 Å². The molecule has 0 aromatic carbocycles. The van der Waals surface area contributed by atoms with Crippen LogP contribution >= 0.6 is 0 Å². The Labute approximate surface area is 79.9 Å². The molecule has 0 bridgehead atoms. The fourth-order valence-electron chi connectivity index (χ4n) is 0.951. The maximum atomic E-state index is 10.2. The van der Waals surface area contributed by atoms with Crippen molar-refractivity contribution in [3.05, 3.63) is 24.3 Å². The quantitative estimate of drug-likeness (QED) is 0.593. The minimum atomic E-state index is -1.37. The average molecular weight is 198 g/mol. The smallest absolute Gasteiger partial charge is 0.306 e. The highest BCUT2D eigenvalue weighted by Crippen LogP contribution is 2.15. The lowest BCUT2D eigenvalue weighted by Crippen LogP contribution is -2.22. The van der Waals surface area contributed by atoms with Crippen LogP contribution in [0.4, 0.5) is 0 Å². The molecule has 1 heterocycles. The van der Waals surface area contributed by atoms with E-state index in [0.717, 1.165) is 0 Å². The number of aromatic nitrogens is 2. The number of aliphatic carboxylic acids is 1. The zero-order valence-corrected chi connectivity index (χ0v) is 7.24. The van der Waals surface area contributed by atoms with Crippen LogP contribution in [0.3, 0.4) is 0 Å². The van der Waals surface area contributed by atoms with Gasteiger partial charge in [0.05, 0.1) is 24.4 Å². The largest absolute Gasteiger partial charge is 0.481 e. The van der Waals surface area contributed by atoms with Gasteiger partial charge in [0.15, 0.2) is 0 Å². The second-order valence-electron chi connectivity index (χ2n) is 2.74. The molecule has 1 aromatic rings. The van der Waals surface area contributed by atoms with E-state index in [-0.39, 0.29) is 5.69 Å². The van der Waals surface area contributed by atoms with Gasteiger partial charge in [0, 0.05) is 12.4 Å². The molecule has 0 saturated heterocycles. The van der Waals surface area contributed by atoms with Crippen LogP contribution in [0, 0.1) is 0 Å². The van der Waals surface area contributed by atoms with Crippen molar-refractivity contribution in [3.63, 3.8) is 0 Å². The van der Waals surface area contributed by atoms with Gasteiger partial charge in [-0.15, -0.1) is 0 Å². The molecule has 1 aromatic heterocycles. The molecule has 14 heavy (non-hydrogen) atoms. The van der Waals surface area contributed by atoms with Crippen LogP contribution < -0.4 is 0 Å². The Hall–Kier alpha value is -1.53. The lowest BCUT2D eigenvalue weighted by molar-refractivity contribution is -0.141. The molecule has 76 valence electrons. The van der Waals surface area contributed by atoms with Gasteiger partial charge in [-0.25, -0.2) is 0 Å². The predicted molar refractivity (Wildman–Crippen MR) is 45.3 cm³/mol. The van der Waals surface area contributed by atoms with E-state index in [2.05, 4.69) is 9.97 Å². The third-order valence-corrected chi connectivity index (χ3v) is 1.63. The maximum Gasteiger partial charge on any atom is 0.306 e. The molecular formula is C8H10N2O4. The Balaban J connectivity index is 2.65. The molecule has 0 fully saturated rings. The zero-order chi connectivity index (χ0) is 10.6. The van der Waals surface area contributed by atoms with E-state index in [1.54, 1.807) is 0 Å². The minimum Gasteiger partial charge on any atom is -0.481 e. The van der Waals surface area contributed by atoms with E-state index in [1.807, 2.05) is 0 Å². The molecule has 0 aliphatic heterocycles. The summed E-state index contributed by atoms with van der Waals surface area (Å²) in [5, 5.41) is 27.0. The molecule has 1 rings (SSSR count). The molecule has 0 aliphatic rings. The number of nitrogens with zero attached hydrogens (tertiary/aromatic N) is 2. The predicted octanol–water partition coefficient (Wildman–Crippen LogP) is -0.654. The van der Waals surface area contributed by atoms with Gasteiger partial charge in [-0.3, -0.25) is 14.8 Å². The van der Waals surface area contributed by atoms with Crippen LogP contribution in [0.5, 0.6) is 0 Å². The van der Waals surface area contributed by atoms with Crippen molar-refractivity contribution < 1.29 is 20.1 Å². The molecule has 0 spiro atoms. The SMILES string of the molecule is O=C(O)CC(O)C(O)c1cnccn1. The van der Waals surface area contributed by atoms with Gasteiger partial charge in [-0.1, -0.05) is 0 Å². The van der Waals surface area contributed by atoms with Crippen molar-refractivity contribution >= 4 is 5.97 Å². The highest BCUT2D eigenvalue weighted by Gasteiger charge is 2.22. The van der Waals surface area contributed by atoms with Gasteiger partial charge >= 0.3 is 5.97 Å². The number of hydrogen-bond donors (Lipinski definition) is 3. The van der Waals surface area contributed by atoms with Crippen molar-refractivity contribution in [3.8, 4) is 0 Å². The molecule has 6 nitrogen and oxygen atoms in total. The number of aliphatic hydroxyl groups excluding tert-OH is 2. The summed E-state index contributed by atoms with van der Waals surface area (Å²) in [6, 6.07) is 0. The monoisotopic (exact) mass is 198 g/mol. The van der Waals surface area contributed by atoms with Crippen LogP contribution in [-0.4, -0.2) is 37.4 Å². The van der Waals surface area contributed by atoms with E-state index in [9.17, 15) is 15.0 Å². The van der Waals surface area contributed by atoms with Gasteiger partial charge in [0.1, 0.15) is 6.10 Å². The summed E-state index contributed by atoms with van der Waals surface area (Å²) in [7, 11) is 0. The summed E-state index contributed by atoms with van der Waals surface area (Å²) < 4.78 is 0. The molecule has 0 radical (unpaired) electrons. The lowest BCUT2D eigenvalue weighted by Gasteiger charge is -2.14. The minimum absolute atomic E-state index is 0.154. The summed E-state index contributed by atoms with van der Waals surface area (Å²) in [6.45, 7) is 0. The second kappa shape index (κ2) is 4.64. The number of aliphatic hydroxyl groups is 2. The summed E-state index contributed by atoms with van der Waals surface area (Å²) in [5.74, 6) is -1.18. The maximum absolute atomic E-state index is 10.2. The van der Waals surface area contributed by atoms with E-state index in [1.165, 1.54) is 18.6 Å². The third kappa shape index (κ3) is 2.75. The van der Waals surface area contributed by atoms with Gasteiger partial charge in [0.2, 0.25) is 0 Å². The highest BCUT2D eigenvalue weighted by molar-refractivity contribution is 5.67. The Bertz CT molecular complexity index is 303. The van der Waals surface area contributed by atoms with Crippen molar-refractivity contribution in [1.29, 1.82) is 0 Å². The van der Waals surface area contributed by atoms with E-state index in [4.69, 9.17) is 5.11 Å². The molecule has 3 N–H and O–H groups in total. The normalized spacial score (nSPS) is 14.7. The summed E-state index contributed by atoms with van der Waals surface area (Å²) in [5.41, 5.74) is 0.154. The van der Waals surface area contributed by atoms with Crippen LogP contribution in [0.1, 0.15) is 18.2 Å². The van der Waals surface area contributed by atoms with E-state index in [0.29, 0.717) is 0 Å². The van der Waals surface area contributed by atoms with Crippen LogP contribution in [0.15, 0.2) is 18.6 Å². The van der Waals surface area contributed by atoms with Crippen molar-refractivity contribution in [2.75, 3.05) is 0 Å². The Morgan fingerprint density at radius 1 is 1.43 bits per heavy atom. The number of rotatable bonds is 4. The summed E-state index contributed by atoms with van der Waals surface area (Å²) in [4.78, 5) is 17.7. The highest BCUT2D eigenvalue weighted by atomic mass is 16.4. The summed E-state index contributed by atoms with van der Waals surface area (Å²) in [6.07, 6.45) is 0.822. The van der Waals surface area contributed by atoms with Crippen LogP contribution in [0.2, 0.25) is 0 Å². The summed E-state index contributed by atoms with van der Waals surface area (Å²) >= 11 is 0. The molecule has 0 amide bonds. The fourth-order valence-corrected chi connectivity index (χ4v) is 0.951. The lowest BCUT2D eigenvalue weighted by atomic mass is 10.1. The van der Waals surface area contributed by atoms with E-state index >= 15 is 0 Å². The number of carboxylic acid groups (broad SMARTS) is 1. The molecule has 2 unspecified atom stereocenters. The standard InChI is InChI=1S/C8H10N2O4/c11-6(3-7(12)13)8(14)5-4-9-1-2-10-5/h1-2,4,6,8,11,14H,3H2,(H,12,13). The van der Waals surface area contributed by atoms with E-state index < -0.39 is 24.6 Å². The number of hydrogen-bond acceptors (Lipinski definition) is 5. The molecule has 0 aliphatic carbocycles. The average Bonchev–Trinajstić information content (AvgIpc) is 2.17. The third-order valence-electron chi connectivity index (χ3n) is 1.63. The first kappa shape index (κ1) is 10.6. The Morgan fingerprint density at radius 3 is 2.64 bits per heavy atom.